The first-order valence-corrected chi connectivity index (χ1v) is 8.96. The first-order valence-electron chi connectivity index (χ1n) is 8.96. The molecule has 0 radical (unpaired) electrons. The molecular formula is C19H26N2O2. The molecule has 1 aliphatic carbocycles. The molecule has 1 aromatic carbocycles. The van der Waals surface area contributed by atoms with Gasteiger partial charge in [-0.15, -0.1) is 0 Å². The van der Waals surface area contributed by atoms with Gasteiger partial charge in [-0.25, -0.2) is 0 Å². The summed E-state index contributed by atoms with van der Waals surface area (Å²) in [6.45, 7) is 3.94. The quantitative estimate of drug-likeness (QED) is 0.911. The van der Waals surface area contributed by atoms with Crippen LogP contribution in [0.3, 0.4) is 0 Å². The summed E-state index contributed by atoms with van der Waals surface area (Å²) in [4.78, 5) is 15.4. The number of nitrogens with one attached hydrogen (secondary N) is 1. The molecule has 4 nitrogen and oxygen atoms in total. The zero-order chi connectivity index (χ0) is 15.7. The Balaban J connectivity index is 1.52. The highest BCUT2D eigenvalue weighted by Gasteiger charge is 2.51. The Morgan fingerprint density at radius 1 is 1.26 bits per heavy atom. The zero-order valence-corrected chi connectivity index (χ0v) is 13.7. The third kappa shape index (κ3) is 2.68. The van der Waals surface area contributed by atoms with E-state index in [1.54, 1.807) is 0 Å². The lowest BCUT2D eigenvalue weighted by atomic mass is 9.67. The molecule has 124 valence electrons. The molecule has 1 N–H and O–H groups in total. The maximum Gasteiger partial charge on any atom is 0.230 e. The minimum Gasteiger partial charge on any atom is -0.370 e. The van der Waals surface area contributed by atoms with Crippen LogP contribution in [0.25, 0.3) is 0 Å². The third-order valence-electron chi connectivity index (χ3n) is 5.99. The molecule has 3 fully saturated rings. The molecule has 23 heavy (non-hydrogen) atoms. The fourth-order valence-corrected chi connectivity index (χ4v) is 4.69. The lowest BCUT2D eigenvalue weighted by molar-refractivity contribution is -0.153. The first-order chi connectivity index (χ1) is 11.3. The van der Waals surface area contributed by atoms with Crippen LogP contribution < -0.4 is 5.32 Å². The number of rotatable bonds is 2. The normalized spacial score (nSPS) is 34.2. The van der Waals surface area contributed by atoms with Crippen molar-refractivity contribution < 1.29 is 9.53 Å². The number of nitrogens with zero attached hydrogens (tertiary/aromatic N) is 1. The number of morpholine rings is 1. The first kappa shape index (κ1) is 15.2. The molecule has 4 heteroatoms. The van der Waals surface area contributed by atoms with Crippen molar-refractivity contribution in [2.75, 3.05) is 32.8 Å². The summed E-state index contributed by atoms with van der Waals surface area (Å²) in [5, 5.41) is 3.49. The van der Waals surface area contributed by atoms with E-state index in [1.165, 1.54) is 24.8 Å². The van der Waals surface area contributed by atoms with Gasteiger partial charge in [-0.3, -0.25) is 4.79 Å². The van der Waals surface area contributed by atoms with Gasteiger partial charge in [-0.1, -0.05) is 43.2 Å². The van der Waals surface area contributed by atoms with Crippen LogP contribution in [-0.4, -0.2) is 43.6 Å². The predicted molar refractivity (Wildman–Crippen MR) is 89.0 cm³/mol. The minimum absolute atomic E-state index is 0.0155. The number of hydrogen-bond acceptors (Lipinski definition) is 3. The Bertz CT molecular complexity index is 562. The highest BCUT2D eigenvalue weighted by Crippen LogP contribution is 2.45. The van der Waals surface area contributed by atoms with Crippen molar-refractivity contribution in [3.63, 3.8) is 0 Å². The van der Waals surface area contributed by atoms with Crippen molar-refractivity contribution in [3.8, 4) is 0 Å². The molecule has 2 aliphatic heterocycles. The number of fused-ring (bicyclic) bond motifs is 1. The zero-order valence-electron chi connectivity index (χ0n) is 13.7. The molecule has 2 saturated heterocycles. The van der Waals surface area contributed by atoms with Gasteiger partial charge < -0.3 is 15.0 Å². The van der Waals surface area contributed by atoms with E-state index in [1.807, 2.05) is 18.2 Å². The van der Waals surface area contributed by atoms with Crippen LogP contribution in [0.4, 0.5) is 0 Å². The number of carbonyl (C=O) groups excluding carboxylic acids is 1. The van der Waals surface area contributed by atoms with Gasteiger partial charge in [0.15, 0.2) is 0 Å². The van der Waals surface area contributed by atoms with Crippen LogP contribution in [-0.2, 0) is 9.53 Å². The third-order valence-corrected chi connectivity index (χ3v) is 5.99. The lowest BCUT2D eigenvalue weighted by Gasteiger charge is -2.43. The average Bonchev–Trinajstić information content (AvgIpc) is 3.07. The number of ether oxygens (including phenoxy) is 1. The van der Waals surface area contributed by atoms with Gasteiger partial charge in [0.05, 0.1) is 18.6 Å². The van der Waals surface area contributed by atoms with Crippen molar-refractivity contribution >= 4 is 5.91 Å². The highest BCUT2D eigenvalue weighted by molar-refractivity contribution is 5.84. The van der Waals surface area contributed by atoms with E-state index in [0.717, 1.165) is 26.1 Å². The molecule has 4 rings (SSSR count). The molecular weight excluding hydrogens is 288 g/mol. The van der Waals surface area contributed by atoms with E-state index in [-0.39, 0.29) is 11.5 Å². The van der Waals surface area contributed by atoms with Crippen LogP contribution in [0.1, 0.15) is 37.4 Å². The summed E-state index contributed by atoms with van der Waals surface area (Å²) in [6, 6.07) is 10.3. The number of hydrogen-bond donors (Lipinski definition) is 1. The fraction of sp³-hybridized carbons (Fsp3) is 0.632. The molecule has 1 aromatic rings. The predicted octanol–water partition coefficient (Wildman–Crippen LogP) is 2.37. The minimum atomic E-state index is -0.142. The summed E-state index contributed by atoms with van der Waals surface area (Å²) in [6.07, 6.45) is 4.73. The monoisotopic (exact) mass is 314 g/mol. The van der Waals surface area contributed by atoms with Gasteiger partial charge in [0.1, 0.15) is 6.10 Å². The molecule has 0 aromatic heterocycles. The van der Waals surface area contributed by atoms with E-state index in [0.29, 0.717) is 25.0 Å². The molecule has 0 bridgehead atoms. The summed E-state index contributed by atoms with van der Waals surface area (Å²) in [7, 11) is 0. The lowest BCUT2D eigenvalue weighted by Crippen LogP contribution is -2.53. The molecule has 3 aliphatic rings. The second-order valence-corrected chi connectivity index (χ2v) is 7.25. The van der Waals surface area contributed by atoms with Crippen molar-refractivity contribution in [1.82, 2.24) is 10.2 Å². The van der Waals surface area contributed by atoms with Crippen LogP contribution in [0, 0.1) is 11.3 Å². The maximum atomic E-state index is 13.4. The van der Waals surface area contributed by atoms with E-state index >= 15 is 0 Å². The fourth-order valence-electron chi connectivity index (χ4n) is 4.69. The van der Waals surface area contributed by atoms with Crippen LogP contribution in [0.5, 0.6) is 0 Å². The van der Waals surface area contributed by atoms with Gasteiger partial charge in [0, 0.05) is 13.1 Å². The summed E-state index contributed by atoms with van der Waals surface area (Å²) in [5.41, 5.74) is 1.03. The Labute approximate surface area is 138 Å². The average molecular weight is 314 g/mol. The second-order valence-electron chi connectivity index (χ2n) is 7.25. The van der Waals surface area contributed by atoms with Crippen molar-refractivity contribution in [3.05, 3.63) is 35.9 Å². The smallest absolute Gasteiger partial charge is 0.230 e. The maximum absolute atomic E-state index is 13.4. The van der Waals surface area contributed by atoms with Gasteiger partial charge in [-0.2, -0.15) is 0 Å². The van der Waals surface area contributed by atoms with E-state index < -0.39 is 0 Å². The van der Waals surface area contributed by atoms with Gasteiger partial charge in [-0.05, 0) is 30.9 Å². The van der Waals surface area contributed by atoms with E-state index in [2.05, 4.69) is 22.3 Å². The van der Waals surface area contributed by atoms with Crippen molar-refractivity contribution in [2.24, 2.45) is 11.3 Å². The van der Waals surface area contributed by atoms with Gasteiger partial charge in [0.25, 0.3) is 0 Å². The Hall–Kier alpha value is -1.39. The van der Waals surface area contributed by atoms with Crippen LogP contribution in [0.2, 0.25) is 0 Å². The molecule has 0 spiro atoms. The molecule has 1 saturated carbocycles. The largest absolute Gasteiger partial charge is 0.370 e. The van der Waals surface area contributed by atoms with E-state index in [4.69, 9.17) is 4.74 Å². The van der Waals surface area contributed by atoms with Crippen molar-refractivity contribution in [1.29, 1.82) is 0 Å². The summed E-state index contributed by atoms with van der Waals surface area (Å²) >= 11 is 0. The topological polar surface area (TPSA) is 41.6 Å². The SMILES string of the molecule is O=C(N1CCOC(c2ccccc2)C1)[C@@]12CCCC[C@H]1CNC2. The number of carbonyl (C=O) groups is 1. The highest BCUT2D eigenvalue weighted by atomic mass is 16.5. The van der Waals surface area contributed by atoms with Crippen molar-refractivity contribution in [2.45, 2.75) is 31.8 Å². The van der Waals surface area contributed by atoms with Crippen LogP contribution in [0.15, 0.2) is 30.3 Å². The number of benzene rings is 1. The Morgan fingerprint density at radius 3 is 3.00 bits per heavy atom. The molecule has 1 amide bonds. The number of amides is 1. The van der Waals surface area contributed by atoms with E-state index in [9.17, 15) is 4.79 Å². The summed E-state index contributed by atoms with van der Waals surface area (Å²) < 4.78 is 5.93. The molecule has 1 unspecified atom stereocenters. The van der Waals surface area contributed by atoms with Gasteiger partial charge in [0.2, 0.25) is 5.91 Å². The Morgan fingerprint density at radius 2 is 2.13 bits per heavy atom. The standard InChI is InChI=1S/C19H26N2O2/c22-18(19-9-5-4-8-16(19)12-20-14-19)21-10-11-23-17(13-21)15-6-2-1-3-7-15/h1-3,6-7,16-17,20H,4-5,8-14H2/t16-,17?,19+/m0/s1. The summed E-state index contributed by atoms with van der Waals surface area (Å²) in [5.74, 6) is 0.901. The second kappa shape index (κ2) is 6.25. The molecule has 3 atom stereocenters. The Kier molecular flexibility index (Phi) is 4.12. The molecule has 2 heterocycles. The van der Waals surface area contributed by atoms with Crippen LogP contribution >= 0.6 is 0 Å². The van der Waals surface area contributed by atoms with Gasteiger partial charge >= 0.3 is 0 Å².